The van der Waals surface area contributed by atoms with E-state index in [1.54, 1.807) is 20.8 Å². The van der Waals surface area contributed by atoms with Crippen LogP contribution in [-0.4, -0.2) is 30.0 Å². The van der Waals surface area contributed by atoms with E-state index in [2.05, 4.69) is 10.2 Å². The molecule has 0 aliphatic heterocycles. The molecule has 0 saturated carbocycles. The van der Waals surface area contributed by atoms with Gasteiger partial charge in [-0.05, 0) is 20.8 Å². The van der Waals surface area contributed by atoms with Gasteiger partial charge in [0.1, 0.15) is 5.60 Å². The number of ether oxygens (including phenoxy) is 1. The van der Waals surface area contributed by atoms with Crippen molar-refractivity contribution >= 4 is 6.09 Å². The van der Waals surface area contributed by atoms with Crippen molar-refractivity contribution in [2.45, 2.75) is 26.4 Å². The zero-order valence-corrected chi connectivity index (χ0v) is 7.57. The highest BCUT2D eigenvalue weighted by atomic mass is 16.6. The molecule has 0 fully saturated rings. The quantitative estimate of drug-likeness (QED) is 0.642. The lowest BCUT2D eigenvalue weighted by Gasteiger charge is -2.16. The third-order valence-corrected chi connectivity index (χ3v) is 0.746. The highest BCUT2D eigenvalue weighted by Crippen LogP contribution is 2.07. The van der Waals surface area contributed by atoms with Crippen LogP contribution in [0.3, 0.4) is 0 Å². The highest BCUT2D eigenvalue weighted by molar-refractivity contribution is 5.67. The van der Waals surface area contributed by atoms with E-state index in [4.69, 9.17) is 9.84 Å². The molecule has 0 atom stereocenters. The second-order valence-electron chi connectivity index (χ2n) is 3.17. The molecular formula is C7H14N2O3. The van der Waals surface area contributed by atoms with Gasteiger partial charge in [0.15, 0.2) is 0 Å². The zero-order valence-electron chi connectivity index (χ0n) is 7.57. The van der Waals surface area contributed by atoms with E-state index < -0.39 is 11.7 Å². The van der Waals surface area contributed by atoms with Gasteiger partial charge in [-0.15, -0.1) is 0 Å². The van der Waals surface area contributed by atoms with Crippen molar-refractivity contribution in [3.8, 4) is 0 Å². The Morgan fingerprint density at radius 2 is 2.08 bits per heavy atom. The summed E-state index contributed by atoms with van der Waals surface area (Å²) in [5.41, 5.74) is -0.546. The Morgan fingerprint density at radius 1 is 1.50 bits per heavy atom. The fourth-order valence-electron chi connectivity index (χ4n) is 0.435. The molecule has 70 valence electrons. The molecule has 0 heterocycles. The number of azo groups is 1. The largest absolute Gasteiger partial charge is 0.452 e. The lowest BCUT2D eigenvalue weighted by Crippen LogP contribution is -2.21. The smallest absolute Gasteiger partial charge is 0.441 e. The molecule has 0 bridgehead atoms. The van der Waals surface area contributed by atoms with Gasteiger partial charge in [0.05, 0.1) is 13.2 Å². The summed E-state index contributed by atoms with van der Waals surface area (Å²) in [7, 11) is 0. The molecule has 0 aromatic heterocycles. The zero-order chi connectivity index (χ0) is 9.61. The Morgan fingerprint density at radius 3 is 2.50 bits per heavy atom. The minimum absolute atomic E-state index is 0.119. The lowest BCUT2D eigenvalue weighted by molar-refractivity contribution is 0.0589. The van der Waals surface area contributed by atoms with E-state index in [1.807, 2.05) is 0 Å². The summed E-state index contributed by atoms with van der Waals surface area (Å²) >= 11 is 0. The molecule has 12 heavy (non-hydrogen) atoms. The number of rotatable bonds is 2. The minimum atomic E-state index is -0.726. The van der Waals surface area contributed by atoms with Crippen LogP contribution in [-0.2, 0) is 4.74 Å². The van der Waals surface area contributed by atoms with Crippen LogP contribution < -0.4 is 0 Å². The van der Waals surface area contributed by atoms with Crippen LogP contribution in [0.25, 0.3) is 0 Å². The van der Waals surface area contributed by atoms with Crippen molar-refractivity contribution in [3.05, 3.63) is 0 Å². The molecule has 0 spiro atoms. The Hall–Kier alpha value is -0.970. The first-order valence-corrected chi connectivity index (χ1v) is 3.67. The molecule has 0 aliphatic rings. The van der Waals surface area contributed by atoms with Crippen molar-refractivity contribution in [3.63, 3.8) is 0 Å². The molecule has 0 saturated heterocycles. The maximum atomic E-state index is 10.8. The average Bonchev–Trinajstić information content (AvgIpc) is 1.84. The molecule has 0 radical (unpaired) electrons. The van der Waals surface area contributed by atoms with E-state index in [9.17, 15) is 4.79 Å². The number of hydrogen-bond donors (Lipinski definition) is 1. The SMILES string of the molecule is CC(C)(C)OC(=O)N=NCCO. The maximum Gasteiger partial charge on any atom is 0.452 e. The number of aliphatic hydroxyl groups is 1. The number of hydrogen-bond acceptors (Lipinski definition) is 4. The third kappa shape index (κ3) is 7.14. The first-order chi connectivity index (χ1) is 5.45. The van der Waals surface area contributed by atoms with Crippen LogP contribution in [0, 0.1) is 0 Å². The van der Waals surface area contributed by atoms with Gasteiger partial charge in [-0.25, -0.2) is 4.79 Å². The molecule has 0 aliphatic carbocycles. The standard InChI is InChI=1S/C7H14N2O3/c1-7(2,3)12-6(11)9-8-4-5-10/h10H,4-5H2,1-3H3. The second kappa shape index (κ2) is 4.82. The van der Waals surface area contributed by atoms with Gasteiger partial charge in [0.2, 0.25) is 0 Å². The van der Waals surface area contributed by atoms with Crippen molar-refractivity contribution < 1.29 is 14.6 Å². The molecule has 0 rings (SSSR count). The van der Waals surface area contributed by atoms with Crippen molar-refractivity contribution in [1.29, 1.82) is 0 Å². The molecule has 0 aromatic carbocycles. The van der Waals surface area contributed by atoms with Gasteiger partial charge in [-0.1, -0.05) is 5.11 Å². The van der Waals surface area contributed by atoms with Crippen molar-refractivity contribution in [2.75, 3.05) is 13.2 Å². The summed E-state index contributed by atoms with van der Waals surface area (Å²) in [6, 6.07) is 0. The monoisotopic (exact) mass is 174 g/mol. The van der Waals surface area contributed by atoms with Crippen molar-refractivity contribution in [2.24, 2.45) is 10.2 Å². The first-order valence-electron chi connectivity index (χ1n) is 3.67. The predicted molar refractivity (Wildman–Crippen MR) is 43.0 cm³/mol. The lowest BCUT2D eigenvalue weighted by atomic mass is 10.2. The van der Waals surface area contributed by atoms with Crippen LogP contribution in [0.5, 0.6) is 0 Å². The molecular weight excluding hydrogens is 160 g/mol. The number of carbonyl (C=O) groups excluding carboxylic acids is 1. The van der Waals surface area contributed by atoms with Crippen LogP contribution in [0.15, 0.2) is 10.2 Å². The van der Waals surface area contributed by atoms with Crippen LogP contribution in [0.1, 0.15) is 20.8 Å². The summed E-state index contributed by atoms with van der Waals surface area (Å²) in [6.07, 6.45) is -0.726. The maximum absolute atomic E-state index is 10.8. The molecule has 5 heteroatoms. The molecule has 0 aromatic rings. The molecule has 5 nitrogen and oxygen atoms in total. The Kier molecular flexibility index (Phi) is 4.43. The fraction of sp³-hybridized carbons (Fsp3) is 0.857. The Labute approximate surface area is 71.4 Å². The van der Waals surface area contributed by atoms with E-state index in [-0.39, 0.29) is 13.2 Å². The number of amides is 1. The van der Waals surface area contributed by atoms with Gasteiger partial charge in [-0.3, -0.25) is 0 Å². The van der Waals surface area contributed by atoms with Gasteiger partial charge in [0.25, 0.3) is 0 Å². The summed E-state index contributed by atoms with van der Waals surface area (Å²) in [5.74, 6) is 0. The van der Waals surface area contributed by atoms with Gasteiger partial charge in [0, 0.05) is 0 Å². The average molecular weight is 174 g/mol. The van der Waals surface area contributed by atoms with Crippen LogP contribution >= 0.6 is 0 Å². The topological polar surface area (TPSA) is 71.2 Å². The van der Waals surface area contributed by atoms with E-state index in [0.29, 0.717) is 0 Å². The first kappa shape index (κ1) is 11.0. The van der Waals surface area contributed by atoms with E-state index in [0.717, 1.165) is 0 Å². The van der Waals surface area contributed by atoms with Gasteiger partial charge in [-0.2, -0.15) is 5.11 Å². The van der Waals surface area contributed by atoms with E-state index >= 15 is 0 Å². The third-order valence-electron chi connectivity index (χ3n) is 0.746. The Bertz CT molecular complexity index is 172. The molecule has 0 unspecified atom stereocenters. The minimum Gasteiger partial charge on any atom is -0.441 e. The van der Waals surface area contributed by atoms with Crippen molar-refractivity contribution in [1.82, 2.24) is 0 Å². The summed E-state index contributed by atoms with van der Waals surface area (Å²) in [6.45, 7) is 5.23. The molecule has 1 N–H and O–H groups in total. The second-order valence-corrected chi connectivity index (χ2v) is 3.17. The number of aliphatic hydroxyl groups excluding tert-OH is 1. The molecule has 1 amide bonds. The van der Waals surface area contributed by atoms with E-state index in [1.165, 1.54) is 0 Å². The fourth-order valence-corrected chi connectivity index (χ4v) is 0.435. The normalized spacial score (nSPS) is 12.0. The number of nitrogens with zero attached hydrogens (tertiary/aromatic N) is 2. The summed E-state index contributed by atoms with van der Waals surface area (Å²) < 4.78 is 4.80. The predicted octanol–water partition coefficient (Wildman–Crippen LogP) is 1.37. The summed E-state index contributed by atoms with van der Waals surface area (Å²) in [5, 5.41) is 14.9. The van der Waals surface area contributed by atoms with Gasteiger partial charge < -0.3 is 9.84 Å². The Balaban J connectivity index is 3.75. The number of carbonyl (C=O) groups is 1. The van der Waals surface area contributed by atoms with Gasteiger partial charge >= 0.3 is 6.09 Å². The van der Waals surface area contributed by atoms with Crippen LogP contribution in [0.4, 0.5) is 4.79 Å². The highest BCUT2D eigenvalue weighted by Gasteiger charge is 2.15. The van der Waals surface area contributed by atoms with Crippen LogP contribution in [0.2, 0.25) is 0 Å². The summed E-state index contributed by atoms with van der Waals surface area (Å²) in [4.78, 5) is 10.8.